The van der Waals surface area contributed by atoms with Gasteiger partial charge in [0.1, 0.15) is 17.9 Å². The van der Waals surface area contributed by atoms with E-state index in [1.54, 1.807) is 0 Å². The summed E-state index contributed by atoms with van der Waals surface area (Å²) in [5.41, 5.74) is 1.79. The van der Waals surface area contributed by atoms with Crippen LogP contribution in [0.25, 0.3) is 0 Å². The largest absolute Gasteiger partial charge is 0.484 e. The molecule has 0 spiro atoms. The number of anilines is 1. The molecule has 3 rings (SSSR count). The van der Waals surface area contributed by atoms with Crippen molar-refractivity contribution in [1.82, 2.24) is 5.32 Å². The molecule has 1 fully saturated rings. The van der Waals surface area contributed by atoms with Gasteiger partial charge < -0.3 is 20.1 Å². The first-order chi connectivity index (χ1) is 9.69. The van der Waals surface area contributed by atoms with Crippen molar-refractivity contribution in [3.63, 3.8) is 0 Å². The predicted molar refractivity (Wildman–Crippen MR) is 79.0 cm³/mol. The fourth-order valence-electron chi connectivity index (χ4n) is 2.31. The molecule has 0 bridgehead atoms. The van der Waals surface area contributed by atoms with E-state index in [4.69, 9.17) is 9.47 Å². The number of amides is 1. The Morgan fingerprint density at radius 2 is 2.30 bits per heavy atom. The third-order valence-corrected chi connectivity index (χ3v) is 4.05. The number of hydrogen-bond donors (Lipinski definition) is 2. The smallest absolute Gasteiger partial charge is 0.246 e. The second kappa shape index (κ2) is 5.71. The molecule has 0 saturated carbocycles. The molecule has 2 aliphatic rings. The maximum Gasteiger partial charge on any atom is 0.246 e. The second-order valence-corrected chi connectivity index (χ2v) is 5.88. The van der Waals surface area contributed by atoms with Crippen LogP contribution in [0.3, 0.4) is 0 Å². The summed E-state index contributed by atoms with van der Waals surface area (Å²) in [4.78, 5) is 12.0. The molecule has 1 aromatic carbocycles. The molecule has 1 unspecified atom stereocenters. The van der Waals surface area contributed by atoms with E-state index < -0.39 is 0 Å². The number of carbonyl (C=O) groups is 1. The highest BCUT2D eigenvalue weighted by molar-refractivity contribution is 9.10. The minimum Gasteiger partial charge on any atom is -0.484 e. The maximum absolute atomic E-state index is 12.0. The molecule has 1 saturated heterocycles. The van der Waals surface area contributed by atoms with E-state index >= 15 is 0 Å². The molecule has 20 heavy (non-hydrogen) atoms. The van der Waals surface area contributed by atoms with Gasteiger partial charge in [-0.15, -0.1) is 0 Å². The molecule has 2 N–H and O–H groups in total. The van der Waals surface area contributed by atoms with Crippen LogP contribution in [0, 0.1) is 0 Å². The number of ether oxygens (including phenoxy) is 2. The van der Waals surface area contributed by atoms with Gasteiger partial charge in [0.05, 0.1) is 17.7 Å². The van der Waals surface area contributed by atoms with E-state index in [1.165, 1.54) is 0 Å². The summed E-state index contributed by atoms with van der Waals surface area (Å²) >= 11 is 3.51. The molecule has 108 valence electrons. The van der Waals surface area contributed by atoms with Crippen molar-refractivity contribution in [2.75, 3.05) is 25.1 Å². The highest BCUT2D eigenvalue weighted by Crippen LogP contribution is 2.39. The summed E-state index contributed by atoms with van der Waals surface area (Å²) in [6.45, 7) is 4.13. The van der Waals surface area contributed by atoms with E-state index in [0.29, 0.717) is 13.2 Å². The molecule has 5 nitrogen and oxygen atoms in total. The second-order valence-electron chi connectivity index (χ2n) is 5.02. The minimum atomic E-state index is -0.276. The summed E-state index contributed by atoms with van der Waals surface area (Å²) in [6.07, 6.45) is 1.10. The fourth-order valence-corrected chi connectivity index (χ4v) is 2.76. The number of halogens is 1. The summed E-state index contributed by atoms with van der Waals surface area (Å²) in [5.74, 6) is 0.734. The topological polar surface area (TPSA) is 59.6 Å². The van der Waals surface area contributed by atoms with Crippen LogP contribution in [0.1, 0.15) is 24.9 Å². The molecule has 0 aromatic heterocycles. The normalized spacial score (nSPS) is 21.3. The maximum atomic E-state index is 12.0. The van der Waals surface area contributed by atoms with E-state index in [1.807, 2.05) is 12.1 Å². The number of nitrogens with one attached hydrogen (secondary N) is 2. The Kier molecular flexibility index (Phi) is 3.96. The van der Waals surface area contributed by atoms with Gasteiger partial charge in [0.15, 0.2) is 0 Å². The van der Waals surface area contributed by atoms with Crippen molar-refractivity contribution >= 4 is 27.5 Å². The van der Waals surface area contributed by atoms with Crippen molar-refractivity contribution in [2.24, 2.45) is 0 Å². The first-order valence-corrected chi connectivity index (χ1v) is 7.60. The number of hydrogen-bond acceptors (Lipinski definition) is 4. The number of benzene rings is 1. The summed E-state index contributed by atoms with van der Waals surface area (Å²) in [7, 11) is 0. The molecule has 0 radical (unpaired) electrons. The molecule has 0 aliphatic carbocycles. The first kappa shape index (κ1) is 13.9. The Hall–Kier alpha value is -1.11. The van der Waals surface area contributed by atoms with Gasteiger partial charge in [0.2, 0.25) is 5.91 Å². The molecule has 1 amide bonds. The minimum absolute atomic E-state index is 0.00974. The van der Waals surface area contributed by atoms with Gasteiger partial charge in [-0.25, -0.2) is 0 Å². The third kappa shape index (κ3) is 2.55. The monoisotopic (exact) mass is 340 g/mol. The molecule has 6 heteroatoms. The molecular formula is C14H17BrN2O3. The highest BCUT2D eigenvalue weighted by Gasteiger charge is 2.31. The van der Waals surface area contributed by atoms with Crippen LogP contribution in [0.4, 0.5) is 5.69 Å². The van der Waals surface area contributed by atoms with Gasteiger partial charge in [0, 0.05) is 17.3 Å². The zero-order valence-electron chi connectivity index (χ0n) is 11.2. The average molecular weight is 341 g/mol. The zero-order valence-corrected chi connectivity index (χ0v) is 12.8. The lowest BCUT2D eigenvalue weighted by atomic mass is 10.1. The lowest BCUT2D eigenvalue weighted by Crippen LogP contribution is -2.38. The number of rotatable bonds is 5. The van der Waals surface area contributed by atoms with E-state index in [0.717, 1.165) is 34.4 Å². The standard InChI is InChI=1S/C14H17BrN2O3/c1-2-3-16-13-9-4-10(15)12(20-8-6-19-7-8)5-11(9)17-14(13)18/h4-5,8,13,16H,2-3,6-7H2,1H3,(H,17,18). The Labute approximate surface area is 126 Å². The van der Waals surface area contributed by atoms with Crippen molar-refractivity contribution in [2.45, 2.75) is 25.5 Å². The number of carbonyl (C=O) groups excluding carboxylic acids is 1. The van der Waals surface area contributed by atoms with Crippen LogP contribution in [-0.2, 0) is 9.53 Å². The van der Waals surface area contributed by atoms with Crippen molar-refractivity contribution in [3.05, 3.63) is 22.2 Å². The van der Waals surface area contributed by atoms with E-state index in [2.05, 4.69) is 33.5 Å². The van der Waals surface area contributed by atoms with Crippen LogP contribution in [0.5, 0.6) is 5.75 Å². The highest BCUT2D eigenvalue weighted by atomic mass is 79.9. The Morgan fingerprint density at radius 3 is 2.95 bits per heavy atom. The number of fused-ring (bicyclic) bond motifs is 1. The van der Waals surface area contributed by atoms with E-state index in [9.17, 15) is 4.79 Å². The van der Waals surface area contributed by atoms with Gasteiger partial charge in [-0.3, -0.25) is 4.79 Å². The van der Waals surface area contributed by atoms with E-state index in [-0.39, 0.29) is 18.1 Å². The fraction of sp³-hybridized carbons (Fsp3) is 0.500. The molecule has 1 aromatic rings. The summed E-state index contributed by atoms with van der Waals surface area (Å²) < 4.78 is 11.8. The average Bonchev–Trinajstić information content (AvgIpc) is 2.66. The summed E-state index contributed by atoms with van der Waals surface area (Å²) in [6, 6.07) is 3.56. The van der Waals surface area contributed by atoms with Gasteiger partial charge in [0.25, 0.3) is 0 Å². The first-order valence-electron chi connectivity index (χ1n) is 6.81. The Morgan fingerprint density at radius 1 is 1.50 bits per heavy atom. The van der Waals surface area contributed by atoms with Crippen molar-refractivity contribution in [3.8, 4) is 5.75 Å². The lowest BCUT2D eigenvalue weighted by molar-refractivity contribution is -0.117. The third-order valence-electron chi connectivity index (χ3n) is 3.43. The van der Waals surface area contributed by atoms with Gasteiger partial charge in [-0.2, -0.15) is 0 Å². The van der Waals surface area contributed by atoms with Gasteiger partial charge in [-0.1, -0.05) is 6.92 Å². The Bertz CT molecular complexity index is 531. The molecular weight excluding hydrogens is 324 g/mol. The van der Waals surface area contributed by atoms with Crippen LogP contribution in [-0.4, -0.2) is 31.8 Å². The van der Waals surface area contributed by atoms with Crippen LogP contribution in [0.2, 0.25) is 0 Å². The predicted octanol–water partition coefficient (Wildman–Crippen LogP) is 2.22. The van der Waals surface area contributed by atoms with Gasteiger partial charge >= 0.3 is 0 Å². The van der Waals surface area contributed by atoms with Crippen LogP contribution in [0.15, 0.2) is 16.6 Å². The quantitative estimate of drug-likeness (QED) is 0.862. The van der Waals surface area contributed by atoms with Crippen molar-refractivity contribution in [1.29, 1.82) is 0 Å². The summed E-state index contributed by atoms with van der Waals surface area (Å²) in [5, 5.41) is 6.15. The lowest BCUT2D eigenvalue weighted by Gasteiger charge is -2.27. The molecule has 2 heterocycles. The van der Waals surface area contributed by atoms with Gasteiger partial charge in [-0.05, 0) is 35.0 Å². The molecule has 2 aliphatic heterocycles. The molecule has 1 atom stereocenters. The zero-order chi connectivity index (χ0) is 14.1. The SMILES string of the molecule is CCCNC1C(=O)Nc2cc(OC3COC3)c(Br)cc21. The van der Waals surface area contributed by atoms with Crippen LogP contribution >= 0.6 is 15.9 Å². The van der Waals surface area contributed by atoms with Crippen LogP contribution < -0.4 is 15.4 Å². The Balaban J connectivity index is 1.82. The van der Waals surface area contributed by atoms with Crippen molar-refractivity contribution < 1.29 is 14.3 Å².